The number of nitrogens with zero attached hydrogens (tertiary/aromatic N) is 1. The lowest BCUT2D eigenvalue weighted by Crippen LogP contribution is -2.10. The van der Waals surface area contributed by atoms with E-state index in [0.29, 0.717) is 5.52 Å². The third kappa shape index (κ3) is 1.41. The van der Waals surface area contributed by atoms with Gasteiger partial charge in [-0.1, -0.05) is 0 Å². The molecule has 0 unspecified atom stereocenters. The molecule has 0 fully saturated rings. The standard InChI is InChI=1S/C9H5NO5/c11-8(12)4-3-6-5(1-2-15-6)10-7(4)9(13)14/h1-3H,(H,11,12)(H,13,14). The van der Waals surface area contributed by atoms with E-state index in [4.69, 9.17) is 14.6 Å². The lowest BCUT2D eigenvalue weighted by Gasteiger charge is -1.99. The Bertz CT molecular complexity index is 509. The highest BCUT2D eigenvalue weighted by atomic mass is 16.4. The molecule has 0 aliphatic carbocycles. The summed E-state index contributed by atoms with van der Waals surface area (Å²) in [7, 11) is 0. The van der Waals surface area contributed by atoms with E-state index in [1.54, 1.807) is 0 Å². The first-order chi connectivity index (χ1) is 7.09. The smallest absolute Gasteiger partial charge is 0.355 e. The molecule has 0 amide bonds. The molecule has 0 radical (unpaired) electrons. The molecule has 76 valence electrons. The second-order valence-corrected chi connectivity index (χ2v) is 2.80. The fraction of sp³-hybridized carbons (Fsp3) is 0. The fourth-order valence-corrected chi connectivity index (χ4v) is 1.22. The molecule has 0 saturated heterocycles. The molecular formula is C9H5NO5. The summed E-state index contributed by atoms with van der Waals surface area (Å²) < 4.78 is 4.92. The van der Waals surface area contributed by atoms with Gasteiger partial charge in [0.1, 0.15) is 5.52 Å². The van der Waals surface area contributed by atoms with E-state index >= 15 is 0 Å². The number of hydrogen-bond donors (Lipinski definition) is 2. The van der Waals surface area contributed by atoms with Gasteiger partial charge in [-0.25, -0.2) is 14.6 Å². The number of pyridine rings is 1. The molecule has 2 N–H and O–H groups in total. The molecule has 0 atom stereocenters. The molecule has 0 spiro atoms. The van der Waals surface area contributed by atoms with Gasteiger partial charge in [0.15, 0.2) is 11.3 Å². The van der Waals surface area contributed by atoms with Crippen molar-refractivity contribution in [2.24, 2.45) is 0 Å². The second-order valence-electron chi connectivity index (χ2n) is 2.80. The van der Waals surface area contributed by atoms with Crippen LogP contribution in [0, 0.1) is 0 Å². The van der Waals surface area contributed by atoms with Crippen LogP contribution in [0.3, 0.4) is 0 Å². The molecule has 2 heterocycles. The Balaban J connectivity index is 2.79. The van der Waals surface area contributed by atoms with Gasteiger partial charge in [-0.05, 0) is 6.07 Å². The van der Waals surface area contributed by atoms with Crippen molar-refractivity contribution in [3.63, 3.8) is 0 Å². The van der Waals surface area contributed by atoms with Crippen LogP contribution in [0.1, 0.15) is 20.8 Å². The molecule has 0 saturated carbocycles. The topological polar surface area (TPSA) is 101 Å². The van der Waals surface area contributed by atoms with Gasteiger partial charge in [0.05, 0.1) is 11.8 Å². The van der Waals surface area contributed by atoms with Crippen molar-refractivity contribution in [2.75, 3.05) is 0 Å². The van der Waals surface area contributed by atoms with Crippen molar-refractivity contribution < 1.29 is 24.2 Å². The number of furan rings is 1. The Hall–Kier alpha value is -2.37. The molecule has 0 aliphatic heterocycles. The second kappa shape index (κ2) is 3.09. The first-order valence-electron chi connectivity index (χ1n) is 3.94. The zero-order valence-corrected chi connectivity index (χ0v) is 7.30. The number of carboxylic acid groups (broad SMARTS) is 2. The zero-order chi connectivity index (χ0) is 11.0. The molecule has 2 aromatic heterocycles. The Morgan fingerprint density at radius 2 is 2.00 bits per heavy atom. The van der Waals surface area contributed by atoms with Crippen LogP contribution in [0.25, 0.3) is 11.1 Å². The average molecular weight is 207 g/mol. The van der Waals surface area contributed by atoms with Gasteiger partial charge >= 0.3 is 11.9 Å². The first-order valence-corrected chi connectivity index (χ1v) is 3.94. The minimum atomic E-state index is -1.38. The van der Waals surface area contributed by atoms with E-state index in [9.17, 15) is 9.59 Å². The number of aromatic carboxylic acids is 2. The van der Waals surface area contributed by atoms with E-state index < -0.39 is 17.6 Å². The van der Waals surface area contributed by atoms with Crippen molar-refractivity contribution >= 4 is 23.0 Å². The summed E-state index contributed by atoms with van der Waals surface area (Å²) in [5.41, 5.74) is -0.309. The third-order valence-electron chi connectivity index (χ3n) is 1.87. The zero-order valence-electron chi connectivity index (χ0n) is 7.30. The van der Waals surface area contributed by atoms with Crippen LogP contribution in [0.2, 0.25) is 0 Å². The van der Waals surface area contributed by atoms with E-state index in [2.05, 4.69) is 4.98 Å². The third-order valence-corrected chi connectivity index (χ3v) is 1.87. The van der Waals surface area contributed by atoms with Crippen LogP contribution < -0.4 is 0 Å². The van der Waals surface area contributed by atoms with Gasteiger partial charge in [0.2, 0.25) is 0 Å². The fourth-order valence-electron chi connectivity index (χ4n) is 1.22. The number of hydrogen-bond acceptors (Lipinski definition) is 4. The predicted molar refractivity (Wildman–Crippen MR) is 47.9 cm³/mol. The minimum absolute atomic E-state index is 0.248. The lowest BCUT2D eigenvalue weighted by molar-refractivity contribution is 0.0647. The van der Waals surface area contributed by atoms with Crippen molar-refractivity contribution in [3.05, 3.63) is 29.7 Å². The van der Waals surface area contributed by atoms with Gasteiger partial charge in [0.25, 0.3) is 0 Å². The number of rotatable bonds is 2. The summed E-state index contributed by atoms with van der Waals surface area (Å²) in [6, 6.07) is 2.61. The normalized spacial score (nSPS) is 10.4. The van der Waals surface area contributed by atoms with E-state index in [1.165, 1.54) is 12.3 Å². The summed E-state index contributed by atoms with van der Waals surface area (Å²) in [6.45, 7) is 0. The highest BCUT2D eigenvalue weighted by Crippen LogP contribution is 2.17. The molecule has 0 aromatic carbocycles. The molecule has 15 heavy (non-hydrogen) atoms. The van der Waals surface area contributed by atoms with E-state index in [0.717, 1.165) is 6.07 Å². The van der Waals surface area contributed by atoms with E-state index in [-0.39, 0.29) is 11.1 Å². The van der Waals surface area contributed by atoms with Crippen LogP contribution in [-0.2, 0) is 0 Å². The quantitative estimate of drug-likeness (QED) is 0.767. The Morgan fingerprint density at radius 1 is 1.27 bits per heavy atom. The molecule has 0 bridgehead atoms. The molecule has 2 aromatic rings. The van der Waals surface area contributed by atoms with Crippen LogP contribution >= 0.6 is 0 Å². The monoisotopic (exact) mass is 207 g/mol. The van der Waals surface area contributed by atoms with Gasteiger partial charge in [-0.15, -0.1) is 0 Å². The number of carbonyl (C=O) groups is 2. The molecule has 2 rings (SSSR count). The summed E-state index contributed by atoms with van der Waals surface area (Å²) in [5.74, 6) is -2.73. The summed E-state index contributed by atoms with van der Waals surface area (Å²) in [6.07, 6.45) is 1.31. The van der Waals surface area contributed by atoms with Crippen molar-refractivity contribution in [3.8, 4) is 0 Å². The largest absolute Gasteiger partial charge is 0.478 e. The summed E-state index contributed by atoms with van der Waals surface area (Å²) >= 11 is 0. The predicted octanol–water partition coefficient (Wildman–Crippen LogP) is 1.22. The van der Waals surface area contributed by atoms with Crippen molar-refractivity contribution in [2.45, 2.75) is 0 Å². The average Bonchev–Trinajstić information content (AvgIpc) is 2.61. The number of carboxylic acids is 2. The maximum atomic E-state index is 10.7. The van der Waals surface area contributed by atoms with Crippen molar-refractivity contribution in [1.29, 1.82) is 0 Å². The van der Waals surface area contributed by atoms with Crippen LogP contribution in [0.5, 0.6) is 0 Å². The van der Waals surface area contributed by atoms with E-state index in [1.807, 2.05) is 0 Å². The Labute approximate surface area is 82.8 Å². The van der Waals surface area contributed by atoms with Gasteiger partial charge < -0.3 is 14.6 Å². The SMILES string of the molecule is O=C(O)c1cc2occc2nc1C(=O)O. The first kappa shape index (κ1) is 9.20. The van der Waals surface area contributed by atoms with Crippen LogP contribution in [0.15, 0.2) is 22.8 Å². The van der Waals surface area contributed by atoms with Gasteiger partial charge in [-0.2, -0.15) is 0 Å². The summed E-state index contributed by atoms with van der Waals surface area (Å²) in [5, 5.41) is 17.5. The van der Waals surface area contributed by atoms with Gasteiger partial charge in [-0.3, -0.25) is 0 Å². The highest BCUT2D eigenvalue weighted by Gasteiger charge is 2.19. The summed E-state index contributed by atoms with van der Waals surface area (Å²) in [4.78, 5) is 25.2. The Morgan fingerprint density at radius 3 is 2.60 bits per heavy atom. The van der Waals surface area contributed by atoms with Crippen LogP contribution in [0.4, 0.5) is 0 Å². The Kier molecular flexibility index (Phi) is 1.89. The molecule has 0 aliphatic rings. The van der Waals surface area contributed by atoms with Crippen LogP contribution in [-0.4, -0.2) is 27.1 Å². The number of fused-ring (bicyclic) bond motifs is 1. The van der Waals surface area contributed by atoms with Crippen molar-refractivity contribution in [1.82, 2.24) is 4.98 Å². The minimum Gasteiger partial charge on any atom is -0.478 e. The molecule has 6 nitrogen and oxygen atoms in total. The highest BCUT2D eigenvalue weighted by molar-refractivity contribution is 6.02. The lowest BCUT2D eigenvalue weighted by atomic mass is 10.2. The maximum Gasteiger partial charge on any atom is 0.355 e. The van der Waals surface area contributed by atoms with Gasteiger partial charge in [0, 0.05) is 6.07 Å². The maximum absolute atomic E-state index is 10.7. The molecular weight excluding hydrogens is 202 g/mol. The number of aromatic nitrogens is 1. The molecule has 6 heteroatoms.